The summed E-state index contributed by atoms with van der Waals surface area (Å²) in [5.41, 5.74) is 0. The maximum Gasteiger partial charge on any atom is 0.0670 e. The Morgan fingerprint density at radius 3 is 2.71 bits per heavy atom. The second-order valence-electron chi connectivity index (χ2n) is 5.77. The largest absolute Gasteiger partial charge is 0.393 e. The first-order chi connectivity index (χ1) is 8.22. The summed E-state index contributed by atoms with van der Waals surface area (Å²) in [6.07, 6.45) is 7.56. The van der Waals surface area contributed by atoms with Crippen molar-refractivity contribution in [2.75, 3.05) is 20.2 Å². The van der Waals surface area contributed by atoms with E-state index in [-0.39, 0.29) is 6.10 Å². The molecule has 0 spiro atoms. The van der Waals surface area contributed by atoms with E-state index >= 15 is 0 Å². The SMILES string of the molecule is COC(C)CN1CCCCC1C1CCCC1O. The van der Waals surface area contributed by atoms with Crippen LogP contribution in [0.1, 0.15) is 45.4 Å². The number of aliphatic hydroxyl groups is 1. The topological polar surface area (TPSA) is 32.7 Å². The molecule has 4 atom stereocenters. The number of hydrogen-bond donors (Lipinski definition) is 1. The summed E-state index contributed by atoms with van der Waals surface area (Å²) in [6, 6.07) is 0.596. The van der Waals surface area contributed by atoms with Crippen molar-refractivity contribution in [2.24, 2.45) is 5.92 Å². The smallest absolute Gasteiger partial charge is 0.0670 e. The molecule has 3 nitrogen and oxygen atoms in total. The van der Waals surface area contributed by atoms with Gasteiger partial charge in [-0.2, -0.15) is 0 Å². The number of likely N-dealkylation sites (tertiary alicyclic amines) is 1. The minimum Gasteiger partial charge on any atom is -0.393 e. The van der Waals surface area contributed by atoms with E-state index in [0.29, 0.717) is 18.1 Å². The van der Waals surface area contributed by atoms with Gasteiger partial charge in [0.2, 0.25) is 0 Å². The van der Waals surface area contributed by atoms with Crippen LogP contribution in [0.4, 0.5) is 0 Å². The molecule has 1 saturated heterocycles. The van der Waals surface area contributed by atoms with Gasteiger partial charge < -0.3 is 9.84 Å². The third kappa shape index (κ3) is 3.21. The van der Waals surface area contributed by atoms with Gasteiger partial charge in [-0.25, -0.2) is 0 Å². The summed E-state index contributed by atoms with van der Waals surface area (Å²) in [5, 5.41) is 10.1. The van der Waals surface area contributed by atoms with Crippen LogP contribution in [-0.4, -0.2) is 48.5 Å². The molecule has 2 fully saturated rings. The summed E-state index contributed by atoms with van der Waals surface area (Å²) >= 11 is 0. The molecule has 100 valence electrons. The van der Waals surface area contributed by atoms with Crippen molar-refractivity contribution in [2.45, 2.75) is 63.7 Å². The average Bonchev–Trinajstić information content (AvgIpc) is 2.76. The molecular formula is C14H27NO2. The van der Waals surface area contributed by atoms with E-state index in [4.69, 9.17) is 4.74 Å². The Morgan fingerprint density at radius 2 is 2.06 bits per heavy atom. The standard InChI is InChI=1S/C14H27NO2/c1-11(17-2)10-15-9-4-3-7-13(15)12-6-5-8-14(12)16/h11-14,16H,3-10H2,1-2H3. The zero-order chi connectivity index (χ0) is 12.3. The van der Waals surface area contributed by atoms with Crippen LogP contribution in [0.5, 0.6) is 0 Å². The molecule has 1 aliphatic carbocycles. The molecule has 0 amide bonds. The molecule has 0 radical (unpaired) electrons. The minimum atomic E-state index is -0.0570. The maximum absolute atomic E-state index is 10.1. The average molecular weight is 241 g/mol. The monoisotopic (exact) mass is 241 g/mol. The summed E-state index contributed by atoms with van der Waals surface area (Å²) in [5.74, 6) is 0.513. The van der Waals surface area contributed by atoms with Gasteiger partial charge in [-0.3, -0.25) is 4.90 Å². The fraction of sp³-hybridized carbons (Fsp3) is 1.00. The second-order valence-corrected chi connectivity index (χ2v) is 5.77. The Morgan fingerprint density at radius 1 is 1.24 bits per heavy atom. The number of aliphatic hydroxyl groups excluding tert-OH is 1. The summed E-state index contributed by atoms with van der Waals surface area (Å²) in [4.78, 5) is 2.57. The van der Waals surface area contributed by atoms with Crippen molar-refractivity contribution in [3.05, 3.63) is 0 Å². The summed E-state index contributed by atoms with van der Waals surface area (Å²) in [6.45, 7) is 4.34. The number of ether oxygens (including phenoxy) is 1. The third-order valence-electron chi connectivity index (χ3n) is 4.58. The van der Waals surface area contributed by atoms with E-state index in [0.717, 1.165) is 13.0 Å². The fourth-order valence-corrected chi connectivity index (χ4v) is 3.55. The molecule has 1 heterocycles. The van der Waals surface area contributed by atoms with Crippen molar-refractivity contribution < 1.29 is 9.84 Å². The molecule has 0 aromatic heterocycles. The molecule has 0 aromatic carbocycles. The molecule has 0 aromatic rings. The summed E-state index contributed by atoms with van der Waals surface area (Å²) < 4.78 is 5.39. The minimum absolute atomic E-state index is 0.0570. The van der Waals surface area contributed by atoms with E-state index in [1.165, 1.54) is 38.6 Å². The van der Waals surface area contributed by atoms with Crippen LogP contribution in [0.25, 0.3) is 0 Å². The number of hydrogen-bond acceptors (Lipinski definition) is 3. The quantitative estimate of drug-likeness (QED) is 0.817. The lowest BCUT2D eigenvalue weighted by Crippen LogP contribution is -2.48. The van der Waals surface area contributed by atoms with Gasteiger partial charge in [0, 0.05) is 25.6 Å². The Bertz CT molecular complexity index is 234. The van der Waals surface area contributed by atoms with Gasteiger partial charge in [0.25, 0.3) is 0 Å². The van der Waals surface area contributed by atoms with Gasteiger partial charge in [0.15, 0.2) is 0 Å². The van der Waals surface area contributed by atoms with Crippen LogP contribution in [0.15, 0.2) is 0 Å². The molecule has 1 aliphatic heterocycles. The van der Waals surface area contributed by atoms with E-state index in [1.807, 2.05) is 0 Å². The van der Waals surface area contributed by atoms with Crippen LogP contribution >= 0.6 is 0 Å². The van der Waals surface area contributed by atoms with Crippen LogP contribution in [0.2, 0.25) is 0 Å². The molecule has 2 aliphatic rings. The molecule has 1 saturated carbocycles. The Kier molecular flexibility index (Phi) is 4.83. The van der Waals surface area contributed by atoms with Gasteiger partial charge in [-0.15, -0.1) is 0 Å². The van der Waals surface area contributed by atoms with E-state index in [9.17, 15) is 5.11 Å². The van der Waals surface area contributed by atoms with Gasteiger partial charge in [0.1, 0.15) is 0 Å². The molecule has 4 unspecified atom stereocenters. The van der Waals surface area contributed by atoms with Crippen molar-refractivity contribution in [3.63, 3.8) is 0 Å². The number of rotatable bonds is 4. The van der Waals surface area contributed by atoms with Crippen molar-refractivity contribution in [3.8, 4) is 0 Å². The lowest BCUT2D eigenvalue weighted by atomic mass is 9.87. The van der Waals surface area contributed by atoms with Crippen molar-refractivity contribution in [1.29, 1.82) is 0 Å². The van der Waals surface area contributed by atoms with Gasteiger partial charge in [-0.05, 0) is 39.2 Å². The normalized spacial score (nSPS) is 37.2. The van der Waals surface area contributed by atoms with Crippen LogP contribution in [-0.2, 0) is 4.74 Å². The Hall–Kier alpha value is -0.120. The second kappa shape index (κ2) is 6.17. The van der Waals surface area contributed by atoms with E-state index in [1.54, 1.807) is 7.11 Å². The van der Waals surface area contributed by atoms with Gasteiger partial charge in [-0.1, -0.05) is 12.8 Å². The third-order valence-corrected chi connectivity index (χ3v) is 4.58. The first-order valence-electron chi connectivity index (χ1n) is 7.17. The van der Waals surface area contributed by atoms with Gasteiger partial charge in [0.05, 0.1) is 12.2 Å². The zero-order valence-electron chi connectivity index (χ0n) is 11.3. The fourth-order valence-electron chi connectivity index (χ4n) is 3.55. The lowest BCUT2D eigenvalue weighted by Gasteiger charge is -2.41. The Labute approximate surface area is 105 Å². The number of nitrogens with zero attached hydrogens (tertiary/aromatic N) is 1. The molecule has 0 bridgehead atoms. The van der Waals surface area contributed by atoms with E-state index in [2.05, 4.69) is 11.8 Å². The summed E-state index contributed by atoms with van der Waals surface area (Å²) in [7, 11) is 1.79. The zero-order valence-corrected chi connectivity index (χ0v) is 11.3. The lowest BCUT2D eigenvalue weighted by molar-refractivity contribution is 0.00228. The Balaban J connectivity index is 1.96. The first-order valence-corrected chi connectivity index (χ1v) is 7.17. The molecular weight excluding hydrogens is 214 g/mol. The molecule has 1 N–H and O–H groups in total. The van der Waals surface area contributed by atoms with E-state index < -0.39 is 0 Å². The van der Waals surface area contributed by atoms with Crippen LogP contribution < -0.4 is 0 Å². The van der Waals surface area contributed by atoms with Crippen molar-refractivity contribution >= 4 is 0 Å². The van der Waals surface area contributed by atoms with Gasteiger partial charge >= 0.3 is 0 Å². The highest BCUT2D eigenvalue weighted by molar-refractivity contribution is 4.90. The van der Waals surface area contributed by atoms with Crippen LogP contribution in [0.3, 0.4) is 0 Å². The molecule has 17 heavy (non-hydrogen) atoms. The molecule has 3 heteroatoms. The predicted molar refractivity (Wildman–Crippen MR) is 69.0 cm³/mol. The highest BCUT2D eigenvalue weighted by atomic mass is 16.5. The van der Waals surface area contributed by atoms with Crippen LogP contribution in [0, 0.1) is 5.92 Å². The predicted octanol–water partition coefficient (Wildman–Crippen LogP) is 2.04. The first kappa shape index (κ1) is 13.3. The number of methoxy groups -OCH3 is 1. The maximum atomic E-state index is 10.1. The highest BCUT2D eigenvalue weighted by Gasteiger charge is 2.37. The number of piperidine rings is 1. The van der Waals surface area contributed by atoms with Crippen molar-refractivity contribution in [1.82, 2.24) is 4.90 Å². The highest BCUT2D eigenvalue weighted by Crippen LogP contribution is 2.35. The molecule has 2 rings (SSSR count).